The van der Waals surface area contributed by atoms with E-state index in [1.165, 1.54) is 16.0 Å². The number of hydrogen-bond donors (Lipinski definition) is 1. The van der Waals surface area contributed by atoms with Crippen LogP contribution in [0.1, 0.15) is 51.0 Å². The normalized spacial score (nSPS) is 14.9. The molecule has 0 unspecified atom stereocenters. The lowest BCUT2D eigenvalue weighted by Gasteiger charge is -2.27. The van der Waals surface area contributed by atoms with Gasteiger partial charge >= 0.3 is 0 Å². The minimum Gasteiger partial charge on any atom is -0.366 e. The molecule has 0 atom stereocenters. The smallest absolute Gasteiger partial charge is 0.249 e. The van der Waals surface area contributed by atoms with Gasteiger partial charge in [0.2, 0.25) is 5.91 Å². The van der Waals surface area contributed by atoms with Gasteiger partial charge in [0.25, 0.3) is 0 Å². The summed E-state index contributed by atoms with van der Waals surface area (Å²) in [5.74, 6) is -0.309. The van der Waals surface area contributed by atoms with Crippen LogP contribution in [0.3, 0.4) is 0 Å². The van der Waals surface area contributed by atoms with Crippen LogP contribution in [-0.4, -0.2) is 22.3 Å². The summed E-state index contributed by atoms with van der Waals surface area (Å²) in [6, 6.07) is 2.23. The first-order valence-electron chi connectivity index (χ1n) is 8.32. The second kappa shape index (κ2) is 7.28. The topological polar surface area (TPSA) is 59.2 Å². The number of nitrogens with zero attached hydrogens (tertiary/aromatic N) is 2. The molecule has 0 aliphatic carbocycles. The number of thiophene rings is 1. The Balaban J connectivity index is 1.73. The number of carbonyl (C=O) groups excluding carboxylic acids is 1. The number of carbonyl (C=O) groups is 1. The molecule has 3 rings (SSSR count). The van der Waals surface area contributed by atoms with E-state index in [0.29, 0.717) is 5.56 Å². The fraction of sp³-hybridized carbons (Fsp3) is 0.368. The Morgan fingerprint density at radius 1 is 1.50 bits per heavy atom. The Morgan fingerprint density at radius 3 is 3.08 bits per heavy atom. The fourth-order valence-electron chi connectivity index (χ4n) is 3.08. The standard InChI is InChI=1S/C19H23N3OS/c1-3-4-5-15-8-14(9-21-13(15)2)10-22-7-6-16-17(19(20)23)12-24-18(16)11-22/h4-5,8-9,12H,3,6-7,10-11H2,1-2H3,(H2,20,23)/b5-4-. The Kier molecular flexibility index (Phi) is 5.11. The van der Waals surface area contributed by atoms with Crippen LogP contribution in [0.25, 0.3) is 6.08 Å². The van der Waals surface area contributed by atoms with Crippen molar-refractivity contribution in [3.05, 3.63) is 56.5 Å². The molecule has 0 bridgehead atoms. The molecular formula is C19H23N3OS. The van der Waals surface area contributed by atoms with Crippen LogP contribution in [0.4, 0.5) is 0 Å². The minimum atomic E-state index is -0.309. The number of amides is 1. The van der Waals surface area contributed by atoms with E-state index in [1.54, 1.807) is 11.3 Å². The van der Waals surface area contributed by atoms with Gasteiger partial charge < -0.3 is 5.73 Å². The number of pyridine rings is 1. The highest BCUT2D eigenvalue weighted by Crippen LogP contribution is 2.29. The first-order valence-corrected chi connectivity index (χ1v) is 9.20. The van der Waals surface area contributed by atoms with Crippen LogP contribution in [0.15, 0.2) is 23.7 Å². The molecule has 1 aliphatic heterocycles. The van der Waals surface area contributed by atoms with Crippen LogP contribution in [0.5, 0.6) is 0 Å². The van der Waals surface area contributed by atoms with Gasteiger partial charge in [-0.3, -0.25) is 14.7 Å². The van der Waals surface area contributed by atoms with Gasteiger partial charge in [0, 0.05) is 41.8 Å². The summed E-state index contributed by atoms with van der Waals surface area (Å²) in [6.07, 6.45) is 8.20. The van der Waals surface area contributed by atoms with Crippen LogP contribution in [-0.2, 0) is 19.5 Å². The largest absolute Gasteiger partial charge is 0.366 e. The van der Waals surface area contributed by atoms with Gasteiger partial charge in [-0.05, 0) is 42.5 Å². The highest BCUT2D eigenvalue weighted by atomic mass is 32.1. The predicted molar refractivity (Wildman–Crippen MR) is 99.0 cm³/mol. The summed E-state index contributed by atoms with van der Waals surface area (Å²) in [5.41, 5.74) is 10.8. The van der Waals surface area contributed by atoms with E-state index in [1.807, 2.05) is 18.5 Å². The Labute approximate surface area is 147 Å². The third-order valence-electron chi connectivity index (χ3n) is 4.41. The SMILES string of the molecule is CC/C=C\c1cc(CN2CCc3c(C(N)=O)csc3C2)cnc1C. The summed E-state index contributed by atoms with van der Waals surface area (Å²) in [5, 5.41) is 1.90. The Hall–Kier alpha value is -1.98. The molecule has 2 aromatic rings. The third-order valence-corrected chi connectivity index (χ3v) is 5.43. The summed E-state index contributed by atoms with van der Waals surface area (Å²) in [4.78, 5) is 19.7. The Morgan fingerprint density at radius 2 is 2.33 bits per heavy atom. The first-order chi connectivity index (χ1) is 11.6. The van der Waals surface area contributed by atoms with Gasteiger partial charge in [-0.25, -0.2) is 0 Å². The number of hydrogen-bond acceptors (Lipinski definition) is 4. The predicted octanol–water partition coefficient (Wildman–Crippen LogP) is 3.53. The second-order valence-corrected chi connectivity index (χ2v) is 7.17. The molecule has 0 saturated heterocycles. The molecule has 0 saturated carbocycles. The molecule has 2 N–H and O–H groups in total. The molecule has 2 aromatic heterocycles. The van der Waals surface area contributed by atoms with Crippen LogP contribution >= 0.6 is 11.3 Å². The molecule has 1 aliphatic rings. The van der Waals surface area contributed by atoms with E-state index in [-0.39, 0.29) is 5.91 Å². The Bertz CT molecular complexity index is 779. The number of fused-ring (bicyclic) bond motifs is 1. The van der Waals surface area contributed by atoms with E-state index >= 15 is 0 Å². The maximum absolute atomic E-state index is 11.5. The van der Waals surface area contributed by atoms with Crippen LogP contribution < -0.4 is 5.73 Å². The van der Waals surface area contributed by atoms with E-state index < -0.39 is 0 Å². The highest BCUT2D eigenvalue weighted by Gasteiger charge is 2.22. The molecule has 0 spiro atoms. The quantitative estimate of drug-likeness (QED) is 0.905. The molecule has 126 valence electrons. The van der Waals surface area contributed by atoms with Crippen molar-refractivity contribution >= 4 is 23.3 Å². The van der Waals surface area contributed by atoms with E-state index in [9.17, 15) is 4.79 Å². The molecule has 4 nitrogen and oxygen atoms in total. The summed E-state index contributed by atoms with van der Waals surface area (Å²) < 4.78 is 0. The zero-order valence-electron chi connectivity index (χ0n) is 14.2. The lowest BCUT2D eigenvalue weighted by atomic mass is 10.0. The number of aryl methyl sites for hydroxylation is 1. The number of aromatic nitrogens is 1. The van der Waals surface area contributed by atoms with E-state index in [2.05, 4.69) is 35.0 Å². The maximum Gasteiger partial charge on any atom is 0.249 e. The highest BCUT2D eigenvalue weighted by molar-refractivity contribution is 7.10. The van der Waals surface area contributed by atoms with Crippen molar-refractivity contribution in [2.75, 3.05) is 6.54 Å². The number of nitrogens with two attached hydrogens (primary N) is 1. The molecule has 0 radical (unpaired) electrons. The lowest BCUT2D eigenvalue weighted by molar-refractivity contribution is 0.0999. The van der Waals surface area contributed by atoms with Gasteiger partial charge in [-0.2, -0.15) is 0 Å². The number of primary amides is 1. The maximum atomic E-state index is 11.5. The second-order valence-electron chi connectivity index (χ2n) is 6.20. The van der Waals surface area contributed by atoms with Crippen molar-refractivity contribution in [3.8, 4) is 0 Å². The van der Waals surface area contributed by atoms with Crippen LogP contribution in [0, 0.1) is 6.92 Å². The zero-order valence-corrected chi connectivity index (χ0v) is 15.0. The van der Waals surface area contributed by atoms with Crippen molar-refractivity contribution in [1.29, 1.82) is 0 Å². The number of allylic oxidation sites excluding steroid dienone is 1. The average molecular weight is 341 g/mol. The summed E-state index contributed by atoms with van der Waals surface area (Å²) in [7, 11) is 0. The molecular weight excluding hydrogens is 318 g/mol. The third kappa shape index (κ3) is 3.57. The van der Waals surface area contributed by atoms with Crippen LogP contribution in [0.2, 0.25) is 0 Å². The van der Waals surface area contributed by atoms with Crippen molar-refractivity contribution in [1.82, 2.24) is 9.88 Å². The summed E-state index contributed by atoms with van der Waals surface area (Å²) in [6.45, 7) is 6.88. The van der Waals surface area contributed by atoms with Crippen molar-refractivity contribution in [2.24, 2.45) is 5.73 Å². The summed E-state index contributed by atoms with van der Waals surface area (Å²) >= 11 is 1.64. The lowest BCUT2D eigenvalue weighted by Crippen LogP contribution is -2.30. The van der Waals surface area contributed by atoms with Gasteiger partial charge in [-0.1, -0.05) is 19.1 Å². The fourth-order valence-corrected chi connectivity index (χ4v) is 4.21. The van der Waals surface area contributed by atoms with Gasteiger partial charge in [0.05, 0.1) is 5.56 Å². The van der Waals surface area contributed by atoms with Gasteiger partial charge in [0.15, 0.2) is 0 Å². The molecule has 24 heavy (non-hydrogen) atoms. The van der Waals surface area contributed by atoms with Crippen molar-refractivity contribution in [2.45, 2.75) is 39.8 Å². The van der Waals surface area contributed by atoms with E-state index in [0.717, 1.165) is 43.7 Å². The molecule has 0 aromatic carbocycles. The molecule has 0 fully saturated rings. The van der Waals surface area contributed by atoms with E-state index in [4.69, 9.17) is 5.73 Å². The molecule has 1 amide bonds. The number of rotatable bonds is 5. The minimum absolute atomic E-state index is 0.309. The van der Waals surface area contributed by atoms with Crippen molar-refractivity contribution in [3.63, 3.8) is 0 Å². The average Bonchev–Trinajstić information content (AvgIpc) is 2.98. The molecule has 3 heterocycles. The van der Waals surface area contributed by atoms with Gasteiger partial charge in [-0.15, -0.1) is 11.3 Å². The monoisotopic (exact) mass is 341 g/mol. The zero-order chi connectivity index (χ0) is 17.1. The first kappa shape index (κ1) is 16.9. The molecule has 5 heteroatoms. The van der Waals surface area contributed by atoms with Gasteiger partial charge in [0.1, 0.15) is 0 Å². The van der Waals surface area contributed by atoms with Crippen molar-refractivity contribution < 1.29 is 4.79 Å².